The number of nitrogens with zero attached hydrogens (tertiary/aromatic N) is 2. The highest BCUT2D eigenvalue weighted by Gasteiger charge is 2.36. The molecule has 0 heterocycles. The van der Waals surface area contributed by atoms with Crippen molar-refractivity contribution in [3.63, 3.8) is 0 Å². The van der Waals surface area contributed by atoms with E-state index in [1.807, 2.05) is 0 Å². The Morgan fingerprint density at radius 2 is 1.91 bits per heavy atom. The molecule has 130 valence electrons. The quantitative estimate of drug-likeness (QED) is 0.453. The standard InChI is InChI=1S/C17H36N4O/c1-5-18-16(19-12-13-21(6-2)7-3)20-15-17(9-8-10-17)11-14-22-4/h5-15H2,1-4H3,(H2,18,19,20). The van der Waals surface area contributed by atoms with Crippen molar-refractivity contribution in [2.45, 2.75) is 46.5 Å². The molecule has 0 aliphatic heterocycles. The molecular weight excluding hydrogens is 276 g/mol. The van der Waals surface area contributed by atoms with E-state index >= 15 is 0 Å². The lowest BCUT2D eigenvalue weighted by Crippen LogP contribution is -2.43. The van der Waals surface area contributed by atoms with Crippen molar-refractivity contribution in [1.82, 2.24) is 15.5 Å². The number of rotatable bonds is 11. The Bertz CT molecular complexity index is 312. The van der Waals surface area contributed by atoms with Gasteiger partial charge in [0, 0.05) is 39.9 Å². The van der Waals surface area contributed by atoms with E-state index in [0.29, 0.717) is 5.41 Å². The van der Waals surface area contributed by atoms with Crippen LogP contribution in [0.4, 0.5) is 0 Å². The summed E-state index contributed by atoms with van der Waals surface area (Å²) in [6, 6.07) is 0. The molecule has 0 aromatic rings. The maximum Gasteiger partial charge on any atom is 0.191 e. The highest BCUT2D eigenvalue weighted by atomic mass is 16.5. The lowest BCUT2D eigenvalue weighted by Gasteiger charge is -2.40. The fourth-order valence-electron chi connectivity index (χ4n) is 2.94. The molecule has 0 atom stereocenters. The molecule has 0 radical (unpaired) electrons. The highest BCUT2D eigenvalue weighted by Crippen LogP contribution is 2.44. The molecule has 1 saturated carbocycles. The van der Waals surface area contributed by atoms with Gasteiger partial charge in [0.25, 0.3) is 0 Å². The second-order valence-electron chi connectivity index (χ2n) is 6.25. The van der Waals surface area contributed by atoms with Crippen LogP contribution in [0.15, 0.2) is 4.99 Å². The second-order valence-corrected chi connectivity index (χ2v) is 6.25. The van der Waals surface area contributed by atoms with Crippen molar-refractivity contribution in [1.29, 1.82) is 0 Å². The number of nitrogens with one attached hydrogen (secondary N) is 2. The third-order valence-corrected chi connectivity index (χ3v) is 4.78. The third-order valence-electron chi connectivity index (χ3n) is 4.78. The minimum absolute atomic E-state index is 0.386. The summed E-state index contributed by atoms with van der Waals surface area (Å²) in [7, 11) is 1.79. The SMILES string of the molecule is CCNC(=NCC1(CCOC)CCC1)NCCN(CC)CC. The van der Waals surface area contributed by atoms with Gasteiger partial charge in [-0.2, -0.15) is 0 Å². The largest absolute Gasteiger partial charge is 0.385 e. The van der Waals surface area contributed by atoms with Crippen LogP contribution in [-0.2, 0) is 4.74 Å². The number of likely N-dealkylation sites (N-methyl/N-ethyl adjacent to an activating group) is 1. The Morgan fingerprint density at radius 3 is 2.41 bits per heavy atom. The first-order chi connectivity index (χ1) is 10.7. The Kier molecular flexibility index (Phi) is 9.48. The molecule has 0 bridgehead atoms. The zero-order valence-electron chi connectivity index (χ0n) is 15.1. The molecule has 0 saturated heterocycles. The van der Waals surface area contributed by atoms with Gasteiger partial charge in [0.1, 0.15) is 0 Å². The molecule has 0 aromatic heterocycles. The number of methoxy groups -OCH3 is 1. The van der Waals surface area contributed by atoms with Gasteiger partial charge in [-0.05, 0) is 44.7 Å². The maximum absolute atomic E-state index is 5.26. The van der Waals surface area contributed by atoms with Crippen LogP contribution < -0.4 is 10.6 Å². The van der Waals surface area contributed by atoms with Gasteiger partial charge in [0.05, 0.1) is 0 Å². The van der Waals surface area contributed by atoms with Gasteiger partial charge in [0.2, 0.25) is 0 Å². The average molecular weight is 313 g/mol. The van der Waals surface area contributed by atoms with Crippen molar-refractivity contribution in [3.05, 3.63) is 0 Å². The van der Waals surface area contributed by atoms with Gasteiger partial charge >= 0.3 is 0 Å². The summed E-state index contributed by atoms with van der Waals surface area (Å²) < 4.78 is 5.26. The van der Waals surface area contributed by atoms with Gasteiger partial charge in [-0.1, -0.05) is 20.3 Å². The lowest BCUT2D eigenvalue weighted by atomic mass is 9.67. The van der Waals surface area contributed by atoms with E-state index in [0.717, 1.165) is 58.3 Å². The van der Waals surface area contributed by atoms with E-state index in [9.17, 15) is 0 Å². The van der Waals surface area contributed by atoms with E-state index in [1.54, 1.807) is 7.11 Å². The molecule has 0 aromatic carbocycles. The van der Waals surface area contributed by atoms with Crippen LogP contribution in [0.3, 0.4) is 0 Å². The van der Waals surface area contributed by atoms with Gasteiger partial charge in [-0.3, -0.25) is 4.99 Å². The van der Waals surface area contributed by atoms with Crippen LogP contribution in [-0.4, -0.2) is 63.8 Å². The molecule has 0 amide bonds. The predicted molar refractivity (Wildman–Crippen MR) is 94.5 cm³/mol. The van der Waals surface area contributed by atoms with Gasteiger partial charge < -0.3 is 20.3 Å². The Morgan fingerprint density at radius 1 is 1.18 bits per heavy atom. The molecule has 1 fully saturated rings. The summed E-state index contributed by atoms with van der Waals surface area (Å²) in [4.78, 5) is 7.25. The number of hydrogen-bond donors (Lipinski definition) is 2. The zero-order valence-corrected chi connectivity index (χ0v) is 15.1. The van der Waals surface area contributed by atoms with Crippen molar-refractivity contribution >= 4 is 5.96 Å². The molecule has 1 aliphatic carbocycles. The molecule has 1 aliphatic rings. The molecule has 1 rings (SSSR count). The Hall–Kier alpha value is -0.810. The second kappa shape index (κ2) is 10.8. The Labute approximate surface area is 136 Å². The molecule has 22 heavy (non-hydrogen) atoms. The van der Waals surface area contributed by atoms with Crippen LogP contribution in [0.5, 0.6) is 0 Å². The first kappa shape index (κ1) is 19.2. The van der Waals surface area contributed by atoms with Crippen LogP contribution >= 0.6 is 0 Å². The summed E-state index contributed by atoms with van der Waals surface area (Å²) in [6.07, 6.45) is 5.05. The molecular formula is C17H36N4O. The lowest BCUT2D eigenvalue weighted by molar-refractivity contribution is 0.0778. The van der Waals surface area contributed by atoms with E-state index < -0.39 is 0 Å². The smallest absolute Gasteiger partial charge is 0.191 e. The van der Waals surface area contributed by atoms with Gasteiger partial charge in [0.15, 0.2) is 5.96 Å². The van der Waals surface area contributed by atoms with E-state index in [4.69, 9.17) is 9.73 Å². The molecule has 5 nitrogen and oxygen atoms in total. The van der Waals surface area contributed by atoms with Gasteiger partial charge in [-0.15, -0.1) is 0 Å². The zero-order chi connectivity index (χ0) is 16.3. The summed E-state index contributed by atoms with van der Waals surface area (Å²) >= 11 is 0. The first-order valence-corrected chi connectivity index (χ1v) is 8.93. The average Bonchev–Trinajstić information content (AvgIpc) is 2.50. The number of ether oxygens (including phenoxy) is 1. The van der Waals surface area contributed by atoms with Crippen molar-refractivity contribution in [3.8, 4) is 0 Å². The molecule has 5 heteroatoms. The van der Waals surface area contributed by atoms with Crippen LogP contribution in [0, 0.1) is 5.41 Å². The third kappa shape index (κ3) is 6.53. The monoisotopic (exact) mass is 312 g/mol. The molecule has 0 unspecified atom stereocenters. The predicted octanol–water partition coefficient (Wildman–Crippen LogP) is 2.09. The van der Waals surface area contributed by atoms with Crippen molar-refractivity contribution < 1.29 is 4.74 Å². The van der Waals surface area contributed by atoms with E-state index in [2.05, 4.69) is 36.3 Å². The minimum atomic E-state index is 0.386. The van der Waals surface area contributed by atoms with E-state index in [-0.39, 0.29) is 0 Å². The fourth-order valence-corrected chi connectivity index (χ4v) is 2.94. The summed E-state index contributed by atoms with van der Waals surface area (Å²) in [5.41, 5.74) is 0.386. The molecule has 2 N–H and O–H groups in total. The summed E-state index contributed by atoms with van der Waals surface area (Å²) in [5.74, 6) is 0.957. The summed E-state index contributed by atoms with van der Waals surface area (Å²) in [6.45, 7) is 13.4. The highest BCUT2D eigenvalue weighted by molar-refractivity contribution is 5.79. The Balaban J connectivity index is 2.43. The van der Waals surface area contributed by atoms with Crippen LogP contribution in [0.1, 0.15) is 46.5 Å². The maximum atomic E-state index is 5.26. The topological polar surface area (TPSA) is 48.9 Å². The first-order valence-electron chi connectivity index (χ1n) is 8.93. The normalized spacial score (nSPS) is 17.4. The fraction of sp³-hybridized carbons (Fsp3) is 0.941. The van der Waals surface area contributed by atoms with E-state index in [1.165, 1.54) is 19.3 Å². The van der Waals surface area contributed by atoms with Crippen molar-refractivity contribution in [2.75, 3.05) is 53.0 Å². The number of hydrogen-bond acceptors (Lipinski definition) is 3. The van der Waals surface area contributed by atoms with Crippen LogP contribution in [0.2, 0.25) is 0 Å². The number of aliphatic imine (C=N–C) groups is 1. The summed E-state index contributed by atoms with van der Waals surface area (Å²) in [5, 5.41) is 6.82. The molecule has 0 spiro atoms. The van der Waals surface area contributed by atoms with Gasteiger partial charge in [-0.25, -0.2) is 0 Å². The minimum Gasteiger partial charge on any atom is -0.385 e. The van der Waals surface area contributed by atoms with Crippen LogP contribution in [0.25, 0.3) is 0 Å². The van der Waals surface area contributed by atoms with Crippen molar-refractivity contribution in [2.24, 2.45) is 10.4 Å². The number of guanidine groups is 1.